The van der Waals surface area contributed by atoms with Crippen LogP contribution >= 0.6 is 0 Å². The number of hydrogen-bond donors (Lipinski definition) is 2. The summed E-state index contributed by atoms with van der Waals surface area (Å²) >= 11 is 0. The summed E-state index contributed by atoms with van der Waals surface area (Å²) in [6.07, 6.45) is -6.42. The van der Waals surface area contributed by atoms with E-state index in [1.807, 2.05) is 18.2 Å². The number of hydrogen-bond acceptors (Lipinski definition) is 8. The van der Waals surface area contributed by atoms with Crippen molar-refractivity contribution in [1.82, 2.24) is 0 Å². The molecule has 1 aromatic carbocycles. The molecule has 2 aliphatic heterocycles. The van der Waals surface area contributed by atoms with Crippen LogP contribution in [0.15, 0.2) is 30.3 Å². The summed E-state index contributed by atoms with van der Waals surface area (Å²) in [4.78, 5) is 0. The summed E-state index contributed by atoms with van der Waals surface area (Å²) in [5.41, 5.74) is 0.740. The monoisotopic (exact) mass is 362 g/mol. The van der Waals surface area contributed by atoms with Gasteiger partial charge in [0.1, 0.15) is 18.3 Å². The van der Waals surface area contributed by atoms with Crippen LogP contribution in [0.5, 0.6) is 0 Å². The molecule has 2 heterocycles. The fraction of sp³-hybridized carbons (Fsp3) is 0.571. The van der Waals surface area contributed by atoms with Crippen molar-refractivity contribution < 1.29 is 41.2 Å². The standard InChI is InChI=1S/C14H18O9S/c1-19-14-12(23-24(16,17)18)10(15)11-9(21-14)7-20-13(22-11)8-5-3-2-4-6-8/h2-6,9-15H,7H2,1H3,(H,16,17,18)/t9-,10+,11+,12-,13-,14+/m1/s1. The van der Waals surface area contributed by atoms with Crippen LogP contribution in [-0.4, -0.2) is 62.5 Å². The molecule has 9 nitrogen and oxygen atoms in total. The molecule has 2 fully saturated rings. The van der Waals surface area contributed by atoms with Crippen LogP contribution in [0.4, 0.5) is 0 Å². The lowest BCUT2D eigenvalue weighted by Gasteiger charge is -2.46. The fourth-order valence-corrected chi connectivity index (χ4v) is 3.26. The molecule has 0 bridgehead atoms. The van der Waals surface area contributed by atoms with Crippen LogP contribution in [0.1, 0.15) is 11.9 Å². The third-order valence-corrected chi connectivity index (χ3v) is 4.31. The quantitative estimate of drug-likeness (QED) is 0.714. The SMILES string of the molecule is CO[C@H]1O[C@@H]2CO[C@@H](c3ccccc3)O[C@@H]2[C@H](O)[C@H]1OS(=O)(=O)O. The highest BCUT2D eigenvalue weighted by molar-refractivity contribution is 7.80. The minimum absolute atomic E-state index is 0.111. The van der Waals surface area contributed by atoms with Crippen LogP contribution in [0.3, 0.4) is 0 Å². The second-order valence-corrected chi connectivity index (χ2v) is 6.48. The Bertz CT molecular complexity index is 649. The Hall–Kier alpha value is -1.11. The minimum Gasteiger partial charge on any atom is -0.387 e. The Labute approximate surface area is 139 Å². The van der Waals surface area contributed by atoms with E-state index in [9.17, 15) is 13.5 Å². The van der Waals surface area contributed by atoms with Gasteiger partial charge < -0.3 is 24.1 Å². The number of rotatable bonds is 4. The first-order chi connectivity index (χ1) is 11.4. The van der Waals surface area contributed by atoms with E-state index in [4.69, 9.17) is 23.5 Å². The van der Waals surface area contributed by atoms with Crippen molar-refractivity contribution in [3.8, 4) is 0 Å². The third kappa shape index (κ3) is 3.76. The highest BCUT2D eigenvalue weighted by Gasteiger charge is 2.51. The molecule has 0 aliphatic carbocycles. The Morgan fingerprint density at radius 3 is 2.54 bits per heavy atom. The molecule has 2 aliphatic rings. The number of aliphatic hydroxyl groups excluding tert-OH is 1. The maximum Gasteiger partial charge on any atom is 0.397 e. The molecule has 6 atom stereocenters. The molecule has 3 rings (SSSR count). The van der Waals surface area contributed by atoms with Crippen molar-refractivity contribution in [1.29, 1.82) is 0 Å². The first-order valence-electron chi connectivity index (χ1n) is 7.23. The van der Waals surface area contributed by atoms with Crippen LogP contribution < -0.4 is 0 Å². The Balaban J connectivity index is 1.79. The van der Waals surface area contributed by atoms with Gasteiger partial charge in [-0.05, 0) is 0 Å². The second-order valence-electron chi connectivity index (χ2n) is 5.43. The fourth-order valence-electron chi connectivity index (χ4n) is 2.78. The summed E-state index contributed by atoms with van der Waals surface area (Å²) in [6.45, 7) is 0.111. The number of methoxy groups -OCH3 is 1. The van der Waals surface area contributed by atoms with Gasteiger partial charge in [0, 0.05) is 12.7 Å². The first kappa shape index (κ1) is 17.7. The van der Waals surface area contributed by atoms with Crippen molar-refractivity contribution >= 4 is 10.4 Å². The van der Waals surface area contributed by atoms with Crippen molar-refractivity contribution in [2.75, 3.05) is 13.7 Å². The Kier molecular flexibility index (Phi) is 5.18. The Morgan fingerprint density at radius 2 is 1.92 bits per heavy atom. The molecule has 134 valence electrons. The van der Waals surface area contributed by atoms with E-state index < -0.39 is 47.4 Å². The number of ether oxygens (including phenoxy) is 4. The molecule has 1 aromatic rings. The summed E-state index contributed by atoms with van der Waals surface area (Å²) < 4.78 is 57.2. The van der Waals surface area contributed by atoms with Crippen molar-refractivity contribution in [3.05, 3.63) is 35.9 Å². The molecule has 2 saturated heterocycles. The van der Waals surface area contributed by atoms with Gasteiger partial charge in [0.05, 0.1) is 6.61 Å². The number of aliphatic hydroxyl groups is 1. The van der Waals surface area contributed by atoms with Crippen molar-refractivity contribution in [2.45, 2.75) is 37.0 Å². The van der Waals surface area contributed by atoms with Gasteiger partial charge in [-0.15, -0.1) is 0 Å². The highest BCUT2D eigenvalue weighted by Crippen LogP contribution is 2.35. The summed E-state index contributed by atoms with van der Waals surface area (Å²) in [6, 6.07) is 9.06. The first-order valence-corrected chi connectivity index (χ1v) is 8.59. The van der Waals surface area contributed by atoms with Crippen LogP contribution in [0.2, 0.25) is 0 Å². The maximum atomic E-state index is 11.0. The average molecular weight is 362 g/mol. The number of fused-ring (bicyclic) bond motifs is 1. The average Bonchev–Trinajstić information content (AvgIpc) is 2.56. The lowest BCUT2D eigenvalue weighted by atomic mass is 9.98. The van der Waals surface area contributed by atoms with Crippen LogP contribution in [0, 0.1) is 0 Å². The van der Waals surface area contributed by atoms with E-state index >= 15 is 0 Å². The normalized spacial score (nSPS) is 37.0. The Morgan fingerprint density at radius 1 is 1.21 bits per heavy atom. The van der Waals surface area contributed by atoms with Gasteiger partial charge in [-0.1, -0.05) is 30.3 Å². The van der Waals surface area contributed by atoms with Gasteiger partial charge >= 0.3 is 10.4 Å². The molecular formula is C14H18O9S. The van der Waals surface area contributed by atoms with Gasteiger partial charge in [-0.3, -0.25) is 4.55 Å². The highest BCUT2D eigenvalue weighted by atomic mass is 32.3. The molecule has 0 unspecified atom stereocenters. The molecule has 0 aromatic heterocycles. The smallest absolute Gasteiger partial charge is 0.387 e. The molecule has 0 radical (unpaired) electrons. The van der Waals surface area contributed by atoms with Crippen molar-refractivity contribution in [2.24, 2.45) is 0 Å². The zero-order chi connectivity index (χ0) is 17.3. The second kappa shape index (κ2) is 7.02. The molecule has 10 heteroatoms. The van der Waals surface area contributed by atoms with Gasteiger partial charge in [0.15, 0.2) is 18.7 Å². The predicted octanol–water partition coefficient (Wildman–Crippen LogP) is 0.0208. The lowest BCUT2D eigenvalue weighted by Crippen LogP contribution is -2.63. The zero-order valence-electron chi connectivity index (χ0n) is 12.7. The van der Waals surface area contributed by atoms with E-state index in [1.54, 1.807) is 12.1 Å². The van der Waals surface area contributed by atoms with Gasteiger partial charge in [-0.2, -0.15) is 8.42 Å². The molecule has 24 heavy (non-hydrogen) atoms. The third-order valence-electron chi connectivity index (χ3n) is 3.85. The number of benzene rings is 1. The van der Waals surface area contributed by atoms with E-state index in [-0.39, 0.29) is 6.61 Å². The summed E-state index contributed by atoms with van der Waals surface area (Å²) in [5, 5.41) is 10.5. The summed E-state index contributed by atoms with van der Waals surface area (Å²) in [7, 11) is -3.55. The van der Waals surface area contributed by atoms with E-state index in [0.29, 0.717) is 0 Å². The molecule has 0 saturated carbocycles. The minimum atomic E-state index is -4.81. The summed E-state index contributed by atoms with van der Waals surface area (Å²) in [5.74, 6) is 0. The van der Waals surface area contributed by atoms with Crippen molar-refractivity contribution in [3.63, 3.8) is 0 Å². The predicted molar refractivity (Wildman–Crippen MR) is 78.1 cm³/mol. The largest absolute Gasteiger partial charge is 0.397 e. The van der Waals surface area contributed by atoms with Gasteiger partial charge in [-0.25, -0.2) is 4.18 Å². The molecule has 0 amide bonds. The lowest BCUT2D eigenvalue weighted by molar-refractivity contribution is -0.355. The van der Waals surface area contributed by atoms with E-state index in [1.165, 1.54) is 7.11 Å². The van der Waals surface area contributed by atoms with E-state index in [2.05, 4.69) is 4.18 Å². The zero-order valence-corrected chi connectivity index (χ0v) is 13.5. The molecule has 0 spiro atoms. The topological polar surface area (TPSA) is 121 Å². The van der Waals surface area contributed by atoms with Crippen LogP contribution in [0.25, 0.3) is 0 Å². The van der Waals surface area contributed by atoms with Gasteiger partial charge in [0.2, 0.25) is 0 Å². The van der Waals surface area contributed by atoms with Gasteiger partial charge in [0.25, 0.3) is 0 Å². The molecular weight excluding hydrogens is 344 g/mol. The van der Waals surface area contributed by atoms with Crippen LogP contribution in [-0.2, 0) is 33.5 Å². The van der Waals surface area contributed by atoms with E-state index in [0.717, 1.165) is 5.56 Å². The maximum absolute atomic E-state index is 11.0. The molecule has 2 N–H and O–H groups in total.